The van der Waals surface area contributed by atoms with Crippen molar-refractivity contribution in [3.05, 3.63) is 35.4 Å². The van der Waals surface area contributed by atoms with Crippen LogP contribution in [0.15, 0.2) is 24.3 Å². The average Bonchev–Trinajstić information content (AvgIpc) is 2.34. The SMILES string of the molecule is COC(=O)c1ccccc1[C@H](N)CCC(C)C. The maximum absolute atomic E-state index is 11.6. The van der Waals surface area contributed by atoms with Crippen molar-refractivity contribution in [1.29, 1.82) is 0 Å². The summed E-state index contributed by atoms with van der Waals surface area (Å²) >= 11 is 0. The van der Waals surface area contributed by atoms with E-state index in [0.29, 0.717) is 11.5 Å². The van der Waals surface area contributed by atoms with Gasteiger partial charge in [-0.05, 0) is 30.4 Å². The molecule has 0 heterocycles. The van der Waals surface area contributed by atoms with Crippen LogP contribution in [0.1, 0.15) is 48.7 Å². The summed E-state index contributed by atoms with van der Waals surface area (Å²) in [7, 11) is 1.39. The van der Waals surface area contributed by atoms with Crippen LogP contribution in [0, 0.1) is 5.92 Å². The first kappa shape index (κ1) is 13.7. The summed E-state index contributed by atoms with van der Waals surface area (Å²) in [6.45, 7) is 4.33. The number of nitrogens with two attached hydrogens (primary N) is 1. The van der Waals surface area contributed by atoms with E-state index in [2.05, 4.69) is 13.8 Å². The minimum Gasteiger partial charge on any atom is -0.465 e. The van der Waals surface area contributed by atoms with Gasteiger partial charge in [0.2, 0.25) is 0 Å². The van der Waals surface area contributed by atoms with Gasteiger partial charge in [0.25, 0.3) is 0 Å². The van der Waals surface area contributed by atoms with Gasteiger partial charge < -0.3 is 10.5 Å². The van der Waals surface area contributed by atoms with Gasteiger partial charge in [0.15, 0.2) is 0 Å². The van der Waals surface area contributed by atoms with Crippen LogP contribution in [-0.4, -0.2) is 13.1 Å². The van der Waals surface area contributed by atoms with Crippen LogP contribution in [0.4, 0.5) is 0 Å². The Morgan fingerprint density at radius 2 is 1.94 bits per heavy atom. The minimum atomic E-state index is -0.319. The molecule has 0 amide bonds. The highest BCUT2D eigenvalue weighted by Gasteiger charge is 2.16. The molecule has 0 unspecified atom stereocenters. The zero-order valence-corrected chi connectivity index (χ0v) is 10.8. The van der Waals surface area contributed by atoms with Crippen LogP contribution in [-0.2, 0) is 4.74 Å². The smallest absolute Gasteiger partial charge is 0.338 e. The number of carbonyl (C=O) groups excluding carboxylic acids is 1. The van der Waals surface area contributed by atoms with Crippen molar-refractivity contribution in [1.82, 2.24) is 0 Å². The third kappa shape index (κ3) is 3.86. The number of benzene rings is 1. The Labute approximate surface area is 103 Å². The maximum atomic E-state index is 11.6. The van der Waals surface area contributed by atoms with Crippen molar-refractivity contribution < 1.29 is 9.53 Å². The third-order valence-electron chi connectivity index (χ3n) is 2.82. The fourth-order valence-electron chi connectivity index (χ4n) is 1.78. The van der Waals surface area contributed by atoms with Gasteiger partial charge >= 0.3 is 5.97 Å². The first-order chi connectivity index (χ1) is 8.06. The second-order valence-corrected chi connectivity index (χ2v) is 4.66. The van der Waals surface area contributed by atoms with Crippen LogP contribution >= 0.6 is 0 Å². The molecule has 0 saturated heterocycles. The van der Waals surface area contributed by atoms with E-state index in [4.69, 9.17) is 10.5 Å². The molecule has 0 aliphatic heterocycles. The predicted molar refractivity (Wildman–Crippen MR) is 68.8 cm³/mol. The minimum absolute atomic E-state index is 0.104. The fraction of sp³-hybridized carbons (Fsp3) is 0.500. The molecule has 0 aromatic heterocycles. The molecule has 3 heteroatoms. The van der Waals surface area contributed by atoms with Gasteiger partial charge in [-0.15, -0.1) is 0 Å². The van der Waals surface area contributed by atoms with Crippen molar-refractivity contribution in [2.75, 3.05) is 7.11 Å². The highest BCUT2D eigenvalue weighted by molar-refractivity contribution is 5.91. The molecule has 3 nitrogen and oxygen atoms in total. The van der Waals surface area contributed by atoms with Crippen molar-refractivity contribution in [2.24, 2.45) is 11.7 Å². The van der Waals surface area contributed by atoms with Crippen LogP contribution < -0.4 is 5.73 Å². The molecular formula is C14H21NO2. The summed E-state index contributed by atoms with van der Waals surface area (Å²) in [5, 5.41) is 0. The van der Waals surface area contributed by atoms with E-state index in [9.17, 15) is 4.79 Å². The zero-order chi connectivity index (χ0) is 12.8. The Morgan fingerprint density at radius 3 is 2.53 bits per heavy atom. The van der Waals surface area contributed by atoms with Gasteiger partial charge in [-0.2, -0.15) is 0 Å². The average molecular weight is 235 g/mol. The van der Waals surface area contributed by atoms with Crippen LogP contribution in [0.2, 0.25) is 0 Å². The number of rotatable bonds is 5. The molecule has 1 rings (SSSR count). The van der Waals surface area contributed by atoms with E-state index in [-0.39, 0.29) is 12.0 Å². The lowest BCUT2D eigenvalue weighted by atomic mass is 9.95. The molecular weight excluding hydrogens is 214 g/mol. The first-order valence-corrected chi connectivity index (χ1v) is 5.99. The lowest BCUT2D eigenvalue weighted by Crippen LogP contribution is -2.16. The van der Waals surface area contributed by atoms with Crippen LogP contribution in [0.25, 0.3) is 0 Å². The number of hydrogen-bond donors (Lipinski definition) is 1. The normalized spacial score (nSPS) is 12.5. The molecule has 1 aromatic carbocycles. The summed E-state index contributed by atoms with van der Waals surface area (Å²) in [4.78, 5) is 11.6. The summed E-state index contributed by atoms with van der Waals surface area (Å²) < 4.78 is 4.76. The van der Waals surface area contributed by atoms with E-state index in [1.54, 1.807) is 6.07 Å². The number of methoxy groups -OCH3 is 1. The Balaban J connectivity index is 2.85. The Hall–Kier alpha value is -1.35. The molecule has 1 atom stereocenters. The molecule has 2 N–H and O–H groups in total. The van der Waals surface area contributed by atoms with Gasteiger partial charge in [0.05, 0.1) is 12.7 Å². The number of ether oxygens (including phenoxy) is 1. The van der Waals surface area contributed by atoms with E-state index >= 15 is 0 Å². The molecule has 1 aromatic rings. The monoisotopic (exact) mass is 235 g/mol. The highest BCUT2D eigenvalue weighted by atomic mass is 16.5. The van der Waals surface area contributed by atoms with Crippen LogP contribution in [0.3, 0.4) is 0 Å². The largest absolute Gasteiger partial charge is 0.465 e. The standard InChI is InChI=1S/C14H21NO2/c1-10(2)8-9-13(15)11-6-4-5-7-12(11)14(16)17-3/h4-7,10,13H,8-9,15H2,1-3H3/t13-/m1/s1. The Kier molecular flexibility index (Phi) is 5.16. The van der Waals surface area contributed by atoms with Crippen molar-refractivity contribution in [3.63, 3.8) is 0 Å². The number of esters is 1. The number of hydrogen-bond acceptors (Lipinski definition) is 3. The van der Waals surface area contributed by atoms with Gasteiger partial charge in [-0.1, -0.05) is 32.0 Å². The molecule has 0 saturated carbocycles. The summed E-state index contributed by atoms with van der Waals surface area (Å²) in [6, 6.07) is 7.28. The van der Waals surface area contributed by atoms with E-state index in [0.717, 1.165) is 18.4 Å². The highest BCUT2D eigenvalue weighted by Crippen LogP contribution is 2.22. The molecule has 0 bridgehead atoms. The summed E-state index contributed by atoms with van der Waals surface area (Å²) in [5.41, 5.74) is 7.58. The maximum Gasteiger partial charge on any atom is 0.338 e. The Morgan fingerprint density at radius 1 is 1.29 bits per heavy atom. The van der Waals surface area contributed by atoms with Gasteiger partial charge in [0, 0.05) is 6.04 Å². The predicted octanol–water partition coefficient (Wildman–Crippen LogP) is 2.91. The third-order valence-corrected chi connectivity index (χ3v) is 2.82. The second kappa shape index (κ2) is 6.40. The zero-order valence-electron chi connectivity index (χ0n) is 10.8. The van der Waals surface area contributed by atoms with Gasteiger partial charge in [0.1, 0.15) is 0 Å². The lowest BCUT2D eigenvalue weighted by Gasteiger charge is -2.16. The van der Waals surface area contributed by atoms with Crippen molar-refractivity contribution in [3.8, 4) is 0 Å². The molecule has 0 radical (unpaired) electrons. The fourth-order valence-corrected chi connectivity index (χ4v) is 1.78. The molecule has 0 spiro atoms. The second-order valence-electron chi connectivity index (χ2n) is 4.66. The Bertz CT molecular complexity index is 374. The molecule has 0 aliphatic rings. The topological polar surface area (TPSA) is 52.3 Å². The first-order valence-electron chi connectivity index (χ1n) is 5.99. The summed E-state index contributed by atoms with van der Waals surface area (Å²) in [5.74, 6) is 0.298. The summed E-state index contributed by atoms with van der Waals surface area (Å²) in [6.07, 6.45) is 1.93. The van der Waals surface area contributed by atoms with E-state index in [1.807, 2.05) is 18.2 Å². The molecule has 94 valence electrons. The van der Waals surface area contributed by atoms with E-state index in [1.165, 1.54) is 7.11 Å². The van der Waals surface area contributed by atoms with E-state index < -0.39 is 0 Å². The lowest BCUT2D eigenvalue weighted by molar-refractivity contribution is 0.0599. The van der Waals surface area contributed by atoms with Crippen molar-refractivity contribution >= 4 is 5.97 Å². The van der Waals surface area contributed by atoms with Crippen molar-refractivity contribution in [2.45, 2.75) is 32.7 Å². The van der Waals surface area contributed by atoms with Crippen LogP contribution in [0.5, 0.6) is 0 Å². The molecule has 0 aliphatic carbocycles. The number of carbonyl (C=O) groups is 1. The molecule has 17 heavy (non-hydrogen) atoms. The van der Waals surface area contributed by atoms with Gasteiger partial charge in [-0.25, -0.2) is 4.79 Å². The van der Waals surface area contributed by atoms with Gasteiger partial charge in [-0.3, -0.25) is 0 Å². The quantitative estimate of drug-likeness (QED) is 0.798. The molecule has 0 fully saturated rings.